The van der Waals surface area contributed by atoms with Crippen molar-refractivity contribution in [2.24, 2.45) is 7.05 Å². The van der Waals surface area contributed by atoms with E-state index >= 15 is 0 Å². The van der Waals surface area contributed by atoms with Gasteiger partial charge in [-0.25, -0.2) is 0 Å². The molecule has 0 bridgehead atoms. The fraction of sp³-hybridized carbons (Fsp3) is 0.438. The highest BCUT2D eigenvalue weighted by atomic mass is 35.5. The highest BCUT2D eigenvalue weighted by molar-refractivity contribution is 6.31. The van der Waals surface area contributed by atoms with Crippen LogP contribution in [0, 0.1) is 6.92 Å². The monoisotopic (exact) mass is 291 g/mol. The summed E-state index contributed by atoms with van der Waals surface area (Å²) in [7, 11) is 1.94. The van der Waals surface area contributed by atoms with Gasteiger partial charge < -0.3 is 5.32 Å². The van der Waals surface area contributed by atoms with Crippen molar-refractivity contribution in [1.82, 2.24) is 15.1 Å². The van der Waals surface area contributed by atoms with Crippen molar-refractivity contribution in [3.05, 3.63) is 52.3 Å². The third-order valence-corrected chi connectivity index (χ3v) is 3.97. The summed E-state index contributed by atoms with van der Waals surface area (Å²) in [4.78, 5) is 0. The average molecular weight is 292 g/mol. The molecule has 0 amide bonds. The predicted molar refractivity (Wildman–Crippen MR) is 84.1 cm³/mol. The molecular weight excluding hydrogens is 270 g/mol. The number of nitrogens with zero attached hydrogens (tertiary/aromatic N) is 2. The van der Waals surface area contributed by atoms with Gasteiger partial charge in [0.1, 0.15) is 0 Å². The number of nitrogens with one attached hydrogen (secondary N) is 1. The van der Waals surface area contributed by atoms with Crippen molar-refractivity contribution >= 4 is 11.6 Å². The second-order valence-electron chi connectivity index (χ2n) is 5.08. The lowest BCUT2D eigenvalue weighted by Crippen LogP contribution is -2.24. The topological polar surface area (TPSA) is 29.9 Å². The van der Waals surface area contributed by atoms with Gasteiger partial charge in [-0.3, -0.25) is 4.68 Å². The fourth-order valence-corrected chi connectivity index (χ4v) is 2.88. The molecule has 1 aromatic heterocycles. The smallest absolute Gasteiger partial charge is 0.0834 e. The lowest BCUT2D eigenvalue weighted by Gasteiger charge is -2.19. The van der Waals surface area contributed by atoms with Gasteiger partial charge in [-0.15, -0.1) is 0 Å². The Labute approximate surface area is 126 Å². The van der Waals surface area contributed by atoms with Crippen molar-refractivity contribution < 1.29 is 0 Å². The SMILES string of the molecule is CCNC(CCc1ccccc1C)c1c(Cl)cnn1C. The van der Waals surface area contributed by atoms with Gasteiger partial charge >= 0.3 is 0 Å². The van der Waals surface area contributed by atoms with Crippen LogP contribution in [0.1, 0.15) is 36.2 Å². The normalized spacial score (nSPS) is 12.6. The molecule has 0 saturated heterocycles. The molecule has 4 heteroatoms. The van der Waals surface area contributed by atoms with Gasteiger partial charge in [-0.05, 0) is 37.4 Å². The molecule has 2 rings (SSSR count). The van der Waals surface area contributed by atoms with Crippen LogP contribution in [-0.2, 0) is 13.5 Å². The molecule has 0 radical (unpaired) electrons. The van der Waals surface area contributed by atoms with Crippen molar-refractivity contribution in [3.63, 3.8) is 0 Å². The summed E-state index contributed by atoms with van der Waals surface area (Å²) in [5, 5.41) is 8.49. The molecule has 0 aliphatic carbocycles. The van der Waals surface area contributed by atoms with Gasteiger partial charge in [0.15, 0.2) is 0 Å². The molecule has 1 heterocycles. The lowest BCUT2D eigenvalue weighted by molar-refractivity contribution is 0.480. The molecule has 0 saturated carbocycles. The zero-order valence-electron chi connectivity index (χ0n) is 12.4. The summed E-state index contributed by atoms with van der Waals surface area (Å²) >= 11 is 6.27. The van der Waals surface area contributed by atoms with E-state index in [1.54, 1.807) is 6.20 Å². The largest absolute Gasteiger partial charge is 0.309 e. The van der Waals surface area contributed by atoms with Crippen molar-refractivity contribution in [2.45, 2.75) is 32.7 Å². The highest BCUT2D eigenvalue weighted by Crippen LogP contribution is 2.26. The Hall–Kier alpha value is -1.32. The van der Waals surface area contributed by atoms with E-state index in [4.69, 9.17) is 11.6 Å². The van der Waals surface area contributed by atoms with Crippen LogP contribution in [0.5, 0.6) is 0 Å². The van der Waals surface area contributed by atoms with E-state index in [-0.39, 0.29) is 6.04 Å². The maximum Gasteiger partial charge on any atom is 0.0834 e. The van der Waals surface area contributed by atoms with Crippen LogP contribution < -0.4 is 5.32 Å². The van der Waals surface area contributed by atoms with E-state index < -0.39 is 0 Å². The number of rotatable bonds is 6. The van der Waals surface area contributed by atoms with E-state index in [1.807, 2.05) is 11.7 Å². The molecular formula is C16H22ClN3. The van der Waals surface area contributed by atoms with Crippen LogP contribution in [0.2, 0.25) is 5.02 Å². The Bertz CT molecular complexity index is 543. The molecule has 0 aliphatic rings. The molecule has 20 heavy (non-hydrogen) atoms. The highest BCUT2D eigenvalue weighted by Gasteiger charge is 2.18. The van der Waals surface area contributed by atoms with E-state index in [1.165, 1.54) is 11.1 Å². The zero-order valence-corrected chi connectivity index (χ0v) is 13.1. The van der Waals surface area contributed by atoms with Crippen LogP contribution in [0.3, 0.4) is 0 Å². The number of aryl methyl sites for hydroxylation is 3. The Morgan fingerprint density at radius 2 is 2.10 bits per heavy atom. The molecule has 1 aromatic carbocycles. The Balaban J connectivity index is 2.13. The summed E-state index contributed by atoms with van der Waals surface area (Å²) in [5.74, 6) is 0. The minimum absolute atomic E-state index is 0.236. The minimum Gasteiger partial charge on any atom is -0.309 e. The zero-order chi connectivity index (χ0) is 14.5. The third kappa shape index (κ3) is 3.41. The van der Waals surface area contributed by atoms with Gasteiger partial charge in [0, 0.05) is 7.05 Å². The first kappa shape index (κ1) is 15.1. The summed E-state index contributed by atoms with van der Waals surface area (Å²) in [6.45, 7) is 5.19. The second kappa shape index (κ2) is 6.91. The maximum absolute atomic E-state index is 6.27. The Morgan fingerprint density at radius 1 is 1.35 bits per heavy atom. The number of halogens is 1. The average Bonchev–Trinajstić information content (AvgIpc) is 2.76. The Morgan fingerprint density at radius 3 is 2.70 bits per heavy atom. The number of hydrogen-bond donors (Lipinski definition) is 1. The first-order valence-corrected chi connectivity index (χ1v) is 7.46. The predicted octanol–water partition coefficient (Wildman–Crippen LogP) is 3.67. The lowest BCUT2D eigenvalue weighted by atomic mass is 9.99. The third-order valence-electron chi connectivity index (χ3n) is 3.68. The summed E-state index contributed by atoms with van der Waals surface area (Å²) in [6.07, 6.45) is 3.76. The summed E-state index contributed by atoms with van der Waals surface area (Å²) in [5.41, 5.74) is 3.81. The number of aromatic nitrogens is 2. The second-order valence-corrected chi connectivity index (χ2v) is 5.48. The van der Waals surface area contributed by atoms with Crippen molar-refractivity contribution in [1.29, 1.82) is 0 Å². The van der Waals surface area contributed by atoms with Crippen molar-refractivity contribution in [3.8, 4) is 0 Å². The van der Waals surface area contributed by atoms with Gasteiger partial charge in [0.05, 0.1) is 23.0 Å². The van der Waals surface area contributed by atoms with Gasteiger partial charge in [0.25, 0.3) is 0 Å². The van der Waals surface area contributed by atoms with Crippen LogP contribution >= 0.6 is 11.6 Å². The van der Waals surface area contributed by atoms with Gasteiger partial charge in [-0.1, -0.05) is 42.8 Å². The maximum atomic E-state index is 6.27. The van der Waals surface area contributed by atoms with E-state index in [0.717, 1.165) is 30.1 Å². The standard InChI is InChI=1S/C16H22ClN3/c1-4-18-15(16-14(17)11-19-20(16)3)10-9-13-8-6-5-7-12(13)2/h5-8,11,15,18H,4,9-10H2,1-3H3. The van der Waals surface area contributed by atoms with Crippen molar-refractivity contribution in [2.75, 3.05) is 6.54 Å². The van der Waals surface area contributed by atoms with Crippen LogP contribution in [0.25, 0.3) is 0 Å². The molecule has 1 N–H and O–H groups in total. The Kier molecular flexibility index (Phi) is 5.21. The van der Waals surface area contributed by atoms with Gasteiger partial charge in [0.2, 0.25) is 0 Å². The molecule has 3 nitrogen and oxygen atoms in total. The van der Waals surface area contributed by atoms with Crippen LogP contribution in [0.4, 0.5) is 0 Å². The summed E-state index contributed by atoms with van der Waals surface area (Å²) in [6, 6.07) is 8.78. The quantitative estimate of drug-likeness (QED) is 0.880. The molecule has 0 aliphatic heterocycles. The van der Waals surface area contributed by atoms with Gasteiger partial charge in [-0.2, -0.15) is 5.10 Å². The molecule has 0 fully saturated rings. The fourth-order valence-electron chi connectivity index (χ4n) is 2.58. The first-order chi connectivity index (χ1) is 9.63. The van der Waals surface area contributed by atoms with E-state index in [2.05, 4.69) is 48.5 Å². The molecule has 108 valence electrons. The first-order valence-electron chi connectivity index (χ1n) is 7.08. The molecule has 1 atom stereocenters. The number of benzene rings is 1. The summed E-state index contributed by atoms with van der Waals surface area (Å²) < 4.78 is 1.87. The van der Waals surface area contributed by atoms with Crippen LogP contribution in [0.15, 0.2) is 30.5 Å². The van der Waals surface area contributed by atoms with E-state index in [0.29, 0.717) is 0 Å². The molecule has 0 spiro atoms. The molecule has 1 unspecified atom stereocenters. The van der Waals surface area contributed by atoms with E-state index in [9.17, 15) is 0 Å². The molecule has 2 aromatic rings. The minimum atomic E-state index is 0.236. The van der Waals surface area contributed by atoms with Crippen LogP contribution in [-0.4, -0.2) is 16.3 Å². The number of hydrogen-bond acceptors (Lipinski definition) is 2.